The van der Waals surface area contributed by atoms with Crippen LogP contribution in [-0.4, -0.2) is 17.9 Å². The molecule has 1 aliphatic heterocycles. The summed E-state index contributed by atoms with van der Waals surface area (Å²) in [5.41, 5.74) is 2.92. The number of rotatable bonds is 2. The Labute approximate surface area is 106 Å². The van der Waals surface area contributed by atoms with Crippen molar-refractivity contribution < 1.29 is 0 Å². The number of nitrogens with zero attached hydrogens (tertiary/aromatic N) is 3. The van der Waals surface area contributed by atoms with Crippen LogP contribution >= 0.6 is 0 Å². The number of fused-ring (bicyclic) bond motifs is 3. The van der Waals surface area contributed by atoms with E-state index in [1.165, 1.54) is 0 Å². The standard InChI is InChI=1S/C14H17N4/c1-10(2)8-18(15)9-17-13-7-16-12-6-4-3-5-11(12)14(13)18/h3-7,9-10H,8,15H2,1-2H3/q+1. The Kier molecular flexibility index (Phi) is 2.43. The highest BCUT2D eigenvalue weighted by molar-refractivity contribution is 6.03. The van der Waals surface area contributed by atoms with Gasteiger partial charge >= 0.3 is 0 Å². The van der Waals surface area contributed by atoms with E-state index in [0.717, 1.165) is 28.8 Å². The first-order valence-corrected chi connectivity index (χ1v) is 6.20. The second kappa shape index (κ2) is 3.86. The highest BCUT2D eigenvalue weighted by Gasteiger charge is 2.36. The van der Waals surface area contributed by atoms with Gasteiger partial charge in [-0.3, -0.25) is 4.98 Å². The average Bonchev–Trinajstić information content (AvgIpc) is 2.66. The van der Waals surface area contributed by atoms with E-state index in [4.69, 9.17) is 5.84 Å². The van der Waals surface area contributed by atoms with Crippen LogP contribution in [0.3, 0.4) is 0 Å². The molecule has 1 aliphatic rings. The third-order valence-electron chi connectivity index (χ3n) is 3.21. The summed E-state index contributed by atoms with van der Waals surface area (Å²) in [4.78, 5) is 8.83. The lowest BCUT2D eigenvalue weighted by Crippen LogP contribution is -2.55. The Morgan fingerprint density at radius 3 is 2.83 bits per heavy atom. The van der Waals surface area contributed by atoms with Gasteiger partial charge in [-0.1, -0.05) is 26.0 Å². The van der Waals surface area contributed by atoms with Crippen molar-refractivity contribution in [3.8, 4) is 0 Å². The Morgan fingerprint density at radius 1 is 1.28 bits per heavy atom. The Morgan fingerprint density at radius 2 is 2.06 bits per heavy atom. The molecule has 2 aromatic rings. The van der Waals surface area contributed by atoms with Crippen molar-refractivity contribution in [2.24, 2.45) is 16.8 Å². The van der Waals surface area contributed by atoms with Crippen molar-refractivity contribution in [1.29, 1.82) is 0 Å². The summed E-state index contributed by atoms with van der Waals surface area (Å²) in [7, 11) is 0. The lowest BCUT2D eigenvalue weighted by atomic mass is 10.1. The molecule has 0 fully saturated rings. The molecular formula is C14H17N4+. The topological polar surface area (TPSA) is 51.3 Å². The quantitative estimate of drug-likeness (QED) is 0.649. The zero-order valence-corrected chi connectivity index (χ0v) is 10.7. The molecule has 4 nitrogen and oxygen atoms in total. The summed E-state index contributed by atoms with van der Waals surface area (Å²) in [6.45, 7) is 5.18. The number of hydrogen-bond donors (Lipinski definition) is 1. The number of quaternary nitrogens is 1. The molecule has 1 aromatic heterocycles. The minimum Gasteiger partial charge on any atom is -0.254 e. The Bertz CT molecular complexity index is 633. The van der Waals surface area contributed by atoms with E-state index >= 15 is 0 Å². The monoisotopic (exact) mass is 241 g/mol. The zero-order chi connectivity index (χ0) is 12.8. The van der Waals surface area contributed by atoms with E-state index in [2.05, 4.69) is 29.9 Å². The molecule has 1 atom stereocenters. The summed E-state index contributed by atoms with van der Waals surface area (Å²) in [6.07, 6.45) is 3.63. The fourth-order valence-electron chi connectivity index (χ4n) is 2.61. The molecule has 0 radical (unpaired) electrons. The molecule has 0 bridgehead atoms. The summed E-state index contributed by atoms with van der Waals surface area (Å²) in [5, 5.41) is 1.09. The van der Waals surface area contributed by atoms with Crippen LogP contribution in [0.25, 0.3) is 10.9 Å². The van der Waals surface area contributed by atoms with E-state index in [1.807, 2.05) is 24.5 Å². The van der Waals surface area contributed by atoms with Crippen molar-refractivity contribution in [1.82, 2.24) is 9.58 Å². The molecule has 3 rings (SSSR count). The van der Waals surface area contributed by atoms with E-state index in [-0.39, 0.29) is 4.59 Å². The molecule has 4 heteroatoms. The first-order valence-electron chi connectivity index (χ1n) is 6.20. The summed E-state index contributed by atoms with van der Waals surface area (Å²) in [6, 6.07) is 8.08. The molecule has 0 saturated carbocycles. The molecule has 92 valence electrons. The maximum atomic E-state index is 6.50. The number of pyridine rings is 1. The molecule has 1 aromatic carbocycles. The van der Waals surface area contributed by atoms with Crippen LogP contribution in [0, 0.1) is 5.92 Å². The second-order valence-electron chi connectivity index (χ2n) is 5.26. The van der Waals surface area contributed by atoms with Crippen molar-refractivity contribution in [2.75, 3.05) is 6.54 Å². The molecule has 2 heterocycles. The van der Waals surface area contributed by atoms with Crippen molar-refractivity contribution >= 4 is 28.6 Å². The van der Waals surface area contributed by atoms with Gasteiger partial charge in [-0.25, -0.2) is 0 Å². The van der Waals surface area contributed by atoms with Gasteiger partial charge in [0.15, 0.2) is 11.4 Å². The van der Waals surface area contributed by atoms with Crippen LogP contribution in [-0.2, 0) is 0 Å². The van der Waals surface area contributed by atoms with Gasteiger partial charge < -0.3 is 0 Å². The maximum Gasteiger partial charge on any atom is 0.215 e. The van der Waals surface area contributed by atoms with Crippen molar-refractivity contribution in [2.45, 2.75) is 13.8 Å². The molecular weight excluding hydrogens is 224 g/mol. The molecule has 0 amide bonds. The summed E-state index contributed by atoms with van der Waals surface area (Å²) in [5.74, 6) is 7.00. The van der Waals surface area contributed by atoms with Gasteiger partial charge in [0.1, 0.15) is 6.54 Å². The van der Waals surface area contributed by atoms with Crippen LogP contribution in [0.2, 0.25) is 0 Å². The van der Waals surface area contributed by atoms with E-state index in [9.17, 15) is 0 Å². The number of para-hydroxylation sites is 1. The smallest absolute Gasteiger partial charge is 0.215 e. The molecule has 18 heavy (non-hydrogen) atoms. The third-order valence-corrected chi connectivity index (χ3v) is 3.21. The Hall–Kier alpha value is -1.78. The normalized spacial score (nSPS) is 21.8. The predicted octanol–water partition coefficient (Wildman–Crippen LogP) is 2.75. The van der Waals surface area contributed by atoms with Gasteiger partial charge in [0.25, 0.3) is 0 Å². The summed E-state index contributed by atoms with van der Waals surface area (Å²) < 4.78 is 0.274. The van der Waals surface area contributed by atoms with E-state index in [0.29, 0.717) is 5.92 Å². The van der Waals surface area contributed by atoms with Gasteiger partial charge in [0.05, 0.1) is 17.1 Å². The molecule has 0 spiro atoms. The SMILES string of the molecule is CC(C)C[N+]1(N)C=Nc2cnc3ccccc3c21. The van der Waals surface area contributed by atoms with Gasteiger partial charge in [-0.05, 0) is 12.1 Å². The molecule has 2 N–H and O–H groups in total. The largest absolute Gasteiger partial charge is 0.254 e. The zero-order valence-electron chi connectivity index (χ0n) is 10.7. The highest BCUT2D eigenvalue weighted by atomic mass is 15.6. The molecule has 0 saturated heterocycles. The number of hydrogen-bond acceptors (Lipinski definition) is 3. The fraction of sp³-hybridized carbons (Fsp3) is 0.286. The first-order chi connectivity index (χ1) is 8.60. The highest BCUT2D eigenvalue weighted by Crippen LogP contribution is 2.40. The predicted molar refractivity (Wildman–Crippen MR) is 75.6 cm³/mol. The van der Waals surface area contributed by atoms with Gasteiger partial charge in [-0.15, -0.1) is 0 Å². The molecule has 1 unspecified atom stereocenters. The lowest BCUT2D eigenvalue weighted by molar-refractivity contribution is 0.390. The minimum atomic E-state index is 0.274. The minimum absolute atomic E-state index is 0.274. The van der Waals surface area contributed by atoms with Crippen LogP contribution < -0.4 is 10.4 Å². The number of aromatic nitrogens is 1. The van der Waals surface area contributed by atoms with Gasteiger partial charge in [0.2, 0.25) is 6.34 Å². The van der Waals surface area contributed by atoms with Crippen LogP contribution in [0.15, 0.2) is 35.5 Å². The lowest BCUT2D eigenvalue weighted by Gasteiger charge is -2.26. The van der Waals surface area contributed by atoms with Crippen LogP contribution in [0.1, 0.15) is 13.8 Å². The van der Waals surface area contributed by atoms with Crippen LogP contribution in [0.4, 0.5) is 11.4 Å². The number of aliphatic imine (C=N–C) groups is 1. The van der Waals surface area contributed by atoms with E-state index < -0.39 is 0 Å². The maximum absolute atomic E-state index is 6.50. The second-order valence-corrected chi connectivity index (χ2v) is 5.26. The first kappa shape index (κ1) is 11.3. The van der Waals surface area contributed by atoms with Crippen LogP contribution in [0.5, 0.6) is 0 Å². The van der Waals surface area contributed by atoms with Crippen molar-refractivity contribution in [3.63, 3.8) is 0 Å². The van der Waals surface area contributed by atoms with E-state index in [1.54, 1.807) is 6.20 Å². The number of benzene rings is 1. The van der Waals surface area contributed by atoms with Crippen molar-refractivity contribution in [3.05, 3.63) is 30.5 Å². The molecule has 0 aliphatic carbocycles. The summed E-state index contributed by atoms with van der Waals surface area (Å²) >= 11 is 0. The third kappa shape index (κ3) is 1.62. The van der Waals surface area contributed by atoms with Gasteiger partial charge in [-0.2, -0.15) is 15.4 Å². The fourth-order valence-corrected chi connectivity index (χ4v) is 2.61. The van der Waals surface area contributed by atoms with Gasteiger partial charge in [0, 0.05) is 5.92 Å². The number of nitrogens with two attached hydrogens (primary N) is 1. The average molecular weight is 241 g/mol. The Balaban J connectivity index is 2.24.